The van der Waals surface area contributed by atoms with Crippen LogP contribution in [-0.2, 0) is 4.79 Å². The quantitative estimate of drug-likeness (QED) is 0.368. The molecule has 1 aromatic carbocycles. The van der Waals surface area contributed by atoms with Gasteiger partial charge in [-0.2, -0.15) is 0 Å². The third-order valence-corrected chi connectivity index (χ3v) is 4.74. The zero-order chi connectivity index (χ0) is 18.4. The van der Waals surface area contributed by atoms with Gasteiger partial charge in [0.2, 0.25) is 11.1 Å². The molecule has 1 heterocycles. The average Bonchev–Trinajstić information content (AvgIpc) is 3.42. The Balaban J connectivity index is 1.32. The van der Waals surface area contributed by atoms with Gasteiger partial charge in [-0.25, -0.2) is 4.68 Å². The molecule has 0 atom stereocenters. The van der Waals surface area contributed by atoms with Crippen LogP contribution in [0.3, 0.4) is 0 Å². The summed E-state index contributed by atoms with van der Waals surface area (Å²) >= 11 is 1.28. The highest BCUT2D eigenvalue weighted by Crippen LogP contribution is 2.39. The number of aromatic nitrogens is 3. The lowest BCUT2D eigenvalue weighted by Crippen LogP contribution is -2.29. The molecule has 9 heteroatoms. The predicted octanol–water partition coefficient (Wildman–Crippen LogP) is 1.56. The molecule has 1 aliphatic rings. The zero-order valence-electron chi connectivity index (χ0n) is 14.7. The van der Waals surface area contributed by atoms with E-state index < -0.39 is 0 Å². The number of hydrogen-bond donors (Lipinski definition) is 2. The molecule has 2 aromatic rings. The van der Waals surface area contributed by atoms with Crippen molar-refractivity contribution < 1.29 is 14.3 Å². The number of carbonyl (C=O) groups is 1. The van der Waals surface area contributed by atoms with E-state index in [0.29, 0.717) is 30.8 Å². The fraction of sp³-hybridized carbons (Fsp3) is 0.471. The molecule has 1 amide bonds. The van der Waals surface area contributed by atoms with Crippen LogP contribution in [-0.4, -0.2) is 46.3 Å². The Morgan fingerprint density at radius 1 is 1.27 bits per heavy atom. The third kappa shape index (κ3) is 5.04. The molecule has 0 aliphatic heterocycles. The Hall–Kier alpha value is -2.42. The summed E-state index contributed by atoms with van der Waals surface area (Å²) < 4.78 is 12.4. The third-order valence-electron chi connectivity index (χ3n) is 3.79. The molecule has 0 bridgehead atoms. The van der Waals surface area contributed by atoms with Crippen LogP contribution in [0.1, 0.15) is 31.5 Å². The number of rotatable bonds is 10. The van der Waals surface area contributed by atoms with Crippen LogP contribution in [0.4, 0.5) is 0 Å². The van der Waals surface area contributed by atoms with Crippen LogP contribution in [0.2, 0.25) is 0 Å². The second kappa shape index (κ2) is 8.79. The van der Waals surface area contributed by atoms with E-state index in [-0.39, 0.29) is 11.7 Å². The van der Waals surface area contributed by atoms with Crippen LogP contribution in [0.25, 0.3) is 0 Å². The van der Waals surface area contributed by atoms with Crippen LogP contribution >= 0.6 is 11.8 Å². The van der Waals surface area contributed by atoms with Gasteiger partial charge in [0.15, 0.2) is 5.82 Å². The fourth-order valence-electron chi connectivity index (χ4n) is 2.35. The largest absolute Gasteiger partial charge is 0.494 e. The van der Waals surface area contributed by atoms with Crippen molar-refractivity contribution in [1.82, 2.24) is 20.2 Å². The number of ether oxygens (including phenoxy) is 2. The highest BCUT2D eigenvalue weighted by Gasteiger charge is 2.29. The van der Waals surface area contributed by atoms with Gasteiger partial charge in [0.25, 0.3) is 0 Å². The number of hydrogen-bond acceptors (Lipinski definition) is 7. The number of thioether (sulfide) groups is 1. The first-order chi connectivity index (χ1) is 12.7. The van der Waals surface area contributed by atoms with Crippen LogP contribution in [0, 0.1) is 0 Å². The maximum Gasteiger partial charge on any atom is 0.230 e. The van der Waals surface area contributed by atoms with Gasteiger partial charge in [0, 0.05) is 5.92 Å². The van der Waals surface area contributed by atoms with Gasteiger partial charge in [-0.15, -0.1) is 10.2 Å². The summed E-state index contributed by atoms with van der Waals surface area (Å²) in [6.45, 7) is 3.39. The Morgan fingerprint density at radius 3 is 2.62 bits per heavy atom. The van der Waals surface area contributed by atoms with Crippen molar-refractivity contribution in [2.45, 2.75) is 30.8 Å². The van der Waals surface area contributed by atoms with Crippen molar-refractivity contribution >= 4 is 17.7 Å². The van der Waals surface area contributed by atoms with Crippen molar-refractivity contribution in [1.29, 1.82) is 0 Å². The number of carbonyl (C=O) groups excluding carboxylic acids is 1. The standard InChI is InChI=1S/C17H23N5O3S/c1-2-24-13-5-7-14(8-6-13)25-10-9-19-15(23)11-26-17-21-20-16(22(17)18)12-3-4-12/h5-8,12H,2-4,9-11,18H2,1H3,(H,19,23). The van der Waals surface area contributed by atoms with Crippen molar-refractivity contribution in [2.75, 3.05) is 31.4 Å². The van der Waals surface area contributed by atoms with Crippen molar-refractivity contribution in [3.8, 4) is 11.5 Å². The second-order valence-corrected chi connectivity index (χ2v) is 6.82. The summed E-state index contributed by atoms with van der Waals surface area (Å²) in [5, 5.41) is 11.5. The van der Waals surface area contributed by atoms with Gasteiger partial charge in [0.05, 0.1) is 18.9 Å². The summed E-state index contributed by atoms with van der Waals surface area (Å²) in [7, 11) is 0. The molecule has 1 fully saturated rings. The molecule has 3 N–H and O–H groups in total. The molecule has 1 aromatic heterocycles. The van der Waals surface area contributed by atoms with Crippen molar-refractivity contribution in [2.24, 2.45) is 0 Å². The van der Waals surface area contributed by atoms with E-state index in [9.17, 15) is 4.79 Å². The molecule has 0 saturated heterocycles. The lowest BCUT2D eigenvalue weighted by Gasteiger charge is -2.09. The minimum Gasteiger partial charge on any atom is -0.494 e. The van der Waals surface area contributed by atoms with Crippen molar-refractivity contribution in [3.05, 3.63) is 30.1 Å². The Labute approximate surface area is 156 Å². The lowest BCUT2D eigenvalue weighted by molar-refractivity contribution is -0.118. The molecule has 0 spiro atoms. The zero-order valence-corrected chi connectivity index (χ0v) is 15.5. The van der Waals surface area contributed by atoms with Crippen LogP contribution in [0.15, 0.2) is 29.4 Å². The smallest absolute Gasteiger partial charge is 0.230 e. The second-order valence-electron chi connectivity index (χ2n) is 5.88. The van der Waals surface area contributed by atoms with Gasteiger partial charge < -0.3 is 20.6 Å². The van der Waals surface area contributed by atoms with Gasteiger partial charge in [0.1, 0.15) is 18.1 Å². The van der Waals surface area contributed by atoms with E-state index in [1.54, 1.807) is 0 Å². The molecular weight excluding hydrogens is 354 g/mol. The molecular formula is C17H23N5O3S. The number of benzene rings is 1. The Bertz CT molecular complexity index is 730. The summed E-state index contributed by atoms with van der Waals surface area (Å²) in [5.74, 6) is 8.87. The summed E-state index contributed by atoms with van der Waals surface area (Å²) in [6.07, 6.45) is 2.21. The molecule has 1 saturated carbocycles. The minimum absolute atomic E-state index is 0.0961. The normalized spacial score (nSPS) is 13.4. The summed E-state index contributed by atoms with van der Waals surface area (Å²) in [5.41, 5.74) is 0. The average molecular weight is 377 g/mol. The predicted molar refractivity (Wildman–Crippen MR) is 99.0 cm³/mol. The van der Waals surface area contributed by atoms with Gasteiger partial charge in [-0.3, -0.25) is 4.79 Å². The van der Waals surface area contributed by atoms with Gasteiger partial charge in [-0.1, -0.05) is 11.8 Å². The Morgan fingerprint density at radius 2 is 1.96 bits per heavy atom. The molecule has 0 radical (unpaired) electrons. The number of nitrogens with one attached hydrogen (secondary N) is 1. The molecule has 1 aliphatic carbocycles. The van der Waals surface area contributed by atoms with E-state index >= 15 is 0 Å². The SMILES string of the molecule is CCOc1ccc(OCCNC(=O)CSc2nnc(C3CC3)n2N)cc1. The summed E-state index contributed by atoms with van der Waals surface area (Å²) in [6, 6.07) is 7.39. The van der Waals surface area contributed by atoms with Gasteiger partial charge in [-0.05, 0) is 44.0 Å². The minimum atomic E-state index is -0.0961. The number of nitrogens with zero attached hydrogens (tertiary/aromatic N) is 3. The number of amides is 1. The highest BCUT2D eigenvalue weighted by molar-refractivity contribution is 7.99. The lowest BCUT2D eigenvalue weighted by atomic mass is 10.3. The van der Waals surface area contributed by atoms with Crippen LogP contribution in [0.5, 0.6) is 11.5 Å². The van der Waals surface area contributed by atoms with E-state index in [4.69, 9.17) is 15.3 Å². The highest BCUT2D eigenvalue weighted by atomic mass is 32.2. The first-order valence-electron chi connectivity index (χ1n) is 8.63. The summed E-state index contributed by atoms with van der Waals surface area (Å²) in [4.78, 5) is 11.9. The van der Waals surface area contributed by atoms with Crippen molar-refractivity contribution in [3.63, 3.8) is 0 Å². The number of nitrogen functional groups attached to an aromatic ring is 1. The molecule has 8 nitrogen and oxygen atoms in total. The van der Waals surface area contributed by atoms with E-state index in [1.165, 1.54) is 16.4 Å². The topological polar surface area (TPSA) is 104 Å². The molecule has 0 unspecified atom stereocenters. The van der Waals surface area contributed by atoms with E-state index in [2.05, 4.69) is 15.5 Å². The molecule has 26 heavy (non-hydrogen) atoms. The number of nitrogens with two attached hydrogens (primary N) is 1. The first kappa shape index (κ1) is 18.4. The molecule has 3 rings (SSSR count). The monoisotopic (exact) mass is 377 g/mol. The molecule has 140 valence electrons. The maximum absolute atomic E-state index is 11.9. The van der Waals surface area contributed by atoms with Crippen LogP contribution < -0.4 is 20.6 Å². The Kier molecular flexibility index (Phi) is 6.21. The fourth-order valence-corrected chi connectivity index (χ4v) is 3.04. The van der Waals surface area contributed by atoms with E-state index in [0.717, 1.165) is 30.2 Å². The maximum atomic E-state index is 11.9. The van der Waals surface area contributed by atoms with E-state index in [1.807, 2.05) is 31.2 Å². The first-order valence-corrected chi connectivity index (χ1v) is 9.61. The van der Waals surface area contributed by atoms with Gasteiger partial charge >= 0.3 is 0 Å².